The van der Waals surface area contributed by atoms with Gasteiger partial charge in [0.1, 0.15) is 5.82 Å². The van der Waals surface area contributed by atoms with E-state index >= 15 is 0 Å². The van der Waals surface area contributed by atoms with Gasteiger partial charge in [-0.05, 0) is 18.6 Å². The van der Waals surface area contributed by atoms with Crippen LogP contribution in [0.1, 0.15) is 29.6 Å². The Morgan fingerprint density at radius 3 is 2.59 bits per heavy atom. The Kier molecular flexibility index (Phi) is 2.97. The molecular formula is C11H13FO4S. The molecule has 2 rings (SSSR count). The van der Waals surface area contributed by atoms with Crippen molar-refractivity contribution in [2.75, 3.05) is 12.9 Å². The first-order chi connectivity index (χ1) is 7.86. The molecule has 1 aliphatic carbocycles. The predicted molar refractivity (Wildman–Crippen MR) is 58.9 cm³/mol. The van der Waals surface area contributed by atoms with Gasteiger partial charge in [0, 0.05) is 23.3 Å². The number of fused-ring (bicyclic) bond motifs is 1. The largest absolute Gasteiger partial charge is 0.396 e. The van der Waals surface area contributed by atoms with Crippen LogP contribution in [0.3, 0.4) is 0 Å². The Labute approximate surface area is 98.6 Å². The average molecular weight is 260 g/mol. The summed E-state index contributed by atoms with van der Waals surface area (Å²) in [5.74, 6) is -1.12. The molecule has 2 atom stereocenters. The summed E-state index contributed by atoms with van der Waals surface area (Å²) < 4.78 is 36.7. The van der Waals surface area contributed by atoms with E-state index in [-0.39, 0.29) is 29.1 Å². The van der Waals surface area contributed by atoms with Gasteiger partial charge in [-0.25, -0.2) is 12.8 Å². The summed E-state index contributed by atoms with van der Waals surface area (Å²) in [5.41, 5.74) is 0.231. The van der Waals surface area contributed by atoms with E-state index in [2.05, 4.69) is 0 Å². The minimum atomic E-state index is -3.52. The van der Waals surface area contributed by atoms with Gasteiger partial charge in [0.05, 0.1) is 17.6 Å². The highest BCUT2D eigenvalue weighted by Crippen LogP contribution is 2.44. The third kappa shape index (κ3) is 1.96. The summed E-state index contributed by atoms with van der Waals surface area (Å²) in [6, 6.07) is 2.22. The van der Waals surface area contributed by atoms with Crippen LogP contribution in [0.4, 0.5) is 4.39 Å². The molecule has 1 aliphatic rings. The normalized spacial score (nSPS) is 23.8. The summed E-state index contributed by atoms with van der Waals surface area (Å²) in [6.45, 7) is -0.311. The zero-order valence-corrected chi connectivity index (χ0v) is 10.0. The van der Waals surface area contributed by atoms with Crippen molar-refractivity contribution in [1.82, 2.24) is 0 Å². The van der Waals surface area contributed by atoms with Crippen LogP contribution in [0.25, 0.3) is 0 Å². The van der Waals surface area contributed by atoms with Crippen LogP contribution in [0.15, 0.2) is 17.0 Å². The van der Waals surface area contributed by atoms with E-state index in [0.717, 1.165) is 18.4 Å². The standard InChI is InChI=1S/C11H13FO4S/c1-17(15,16)9-3-2-7(12)10-6(5-13)4-8(14)11(9)10/h2-3,6,8,13-14H,4-5H2,1H3/t6-,8-/m1/s1. The van der Waals surface area contributed by atoms with Gasteiger partial charge in [0.2, 0.25) is 0 Å². The van der Waals surface area contributed by atoms with Gasteiger partial charge in [-0.2, -0.15) is 0 Å². The first-order valence-corrected chi connectivity index (χ1v) is 7.06. The second kappa shape index (κ2) is 4.04. The molecule has 17 heavy (non-hydrogen) atoms. The molecule has 0 saturated heterocycles. The molecule has 94 valence electrons. The van der Waals surface area contributed by atoms with Crippen molar-refractivity contribution in [2.24, 2.45) is 0 Å². The van der Waals surface area contributed by atoms with Crippen molar-refractivity contribution >= 4 is 9.84 Å². The first-order valence-electron chi connectivity index (χ1n) is 5.17. The quantitative estimate of drug-likeness (QED) is 0.769. The summed E-state index contributed by atoms with van der Waals surface area (Å²) in [6.07, 6.45) is 0.122. The lowest BCUT2D eigenvalue weighted by Gasteiger charge is -2.11. The van der Waals surface area contributed by atoms with E-state index in [0.29, 0.717) is 0 Å². The topological polar surface area (TPSA) is 74.6 Å². The fourth-order valence-electron chi connectivity index (χ4n) is 2.34. The van der Waals surface area contributed by atoms with Gasteiger partial charge in [0.15, 0.2) is 9.84 Å². The molecule has 6 heteroatoms. The minimum absolute atomic E-state index is 0.0580. The molecule has 1 aromatic carbocycles. The number of benzene rings is 1. The first kappa shape index (κ1) is 12.5. The Morgan fingerprint density at radius 1 is 1.41 bits per heavy atom. The second-order valence-corrected chi connectivity index (χ2v) is 6.26. The zero-order valence-electron chi connectivity index (χ0n) is 9.22. The molecule has 0 bridgehead atoms. The highest BCUT2D eigenvalue weighted by Gasteiger charge is 2.36. The molecule has 2 N–H and O–H groups in total. The molecule has 0 heterocycles. The van der Waals surface area contributed by atoms with Crippen molar-refractivity contribution in [3.05, 3.63) is 29.1 Å². The Bertz CT molecular complexity index is 553. The number of halogens is 1. The summed E-state index contributed by atoms with van der Waals surface area (Å²) in [7, 11) is -3.52. The van der Waals surface area contributed by atoms with Crippen molar-refractivity contribution < 1.29 is 23.0 Å². The minimum Gasteiger partial charge on any atom is -0.396 e. The summed E-state index contributed by atoms with van der Waals surface area (Å²) in [4.78, 5) is -0.0580. The van der Waals surface area contributed by atoms with Gasteiger partial charge in [-0.15, -0.1) is 0 Å². The Balaban J connectivity index is 2.74. The summed E-state index contributed by atoms with van der Waals surface area (Å²) in [5, 5.41) is 18.9. The second-order valence-electron chi connectivity index (χ2n) is 4.28. The maximum Gasteiger partial charge on any atom is 0.175 e. The van der Waals surface area contributed by atoms with Gasteiger partial charge in [-0.1, -0.05) is 0 Å². The van der Waals surface area contributed by atoms with Gasteiger partial charge >= 0.3 is 0 Å². The van der Waals surface area contributed by atoms with E-state index < -0.39 is 27.7 Å². The van der Waals surface area contributed by atoms with E-state index in [1.165, 1.54) is 0 Å². The molecule has 0 aliphatic heterocycles. The number of rotatable bonds is 2. The SMILES string of the molecule is CS(=O)(=O)c1ccc(F)c2c1[C@H](O)C[C@@H]2CO. The predicted octanol–water partition coefficient (Wildman–Crippen LogP) is 0.742. The van der Waals surface area contributed by atoms with Gasteiger partial charge < -0.3 is 10.2 Å². The number of sulfone groups is 1. The fraction of sp³-hybridized carbons (Fsp3) is 0.455. The molecule has 0 fully saturated rings. The maximum absolute atomic E-state index is 13.7. The van der Waals surface area contributed by atoms with Crippen molar-refractivity contribution in [3.8, 4) is 0 Å². The van der Waals surface area contributed by atoms with Crippen LogP contribution in [-0.2, 0) is 9.84 Å². The van der Waals surface area contributed by atoms with Crippen LogP contribution in [-0.4, -0.2) is 31.5 Å². The summed E-state index contributed by atoms with van der Waals surface area (Å²) >= 11 is 0. The smallest absolute Gasteiger partial charge is 0.175 e. The van der Waals surface area contributed by atoms with Crippen LogP contribution in [0, 0.1) is 5.82 Å². The average Bonchev–Trinajstić information content (AvgIpc) is 2.56. The van der Waals surface area contributed by atoms with E-state index in [1.807, 2.05) is 0 Å². The van der Waals surface area contributed by atoms with Crippen molar-refractivity contribution in [1.29, 1.82) is 0 Å². The fourth-order valence-corrected chi connectivity index (χ4v) is 3.30. The lowest BCUT2D eigenvalue weighted by molar-refractivity contribution is 0.156. The third-order valence-electron chi connectivity index (χ3n) is 3.06. The van der Waals surface area contributed by atoms with E-state index in [1.54, 1.807) is 0 Å². The van der Waals surface area contributed by atoms with Crippen LogP contribution in [0.2, 0.25) is 0 Å². The molecule has 0 radical (unpaired) electrons. The van der Waals surface area contributed by atoms with E-state index in [9.17, 15) is 17.9 Å². The third-order valence-corrected chi connectivity index (χ3v) is 4.22. The maximum atomic E-state index is 13.7. The molecule has 0 saturated carbocycles. The molecule has 4 nitrogen and oxygen atoms in total. The highest BCUT2D eigenvalue weighted by atomic mass is 32.2. The van der Waals surface area contributed by atoms with Gasteiger partial charge in [-0.3, -0.25) is 0 Å². The van der Waals surface area contributed by atoms with Crippen LogP contribution < -0.4 is 0 Å². The lowest BCUT2D eigenvalue weighted by Crippen LogP contribution is -2.07. The molecule has 0 unspecified atom stereocenters. The van der Waals surface area contributed by atoms with Crippen LogP contribution in [0.5, 0.6) is 0 Å². The molecule has 0 spiro atoms. The number of hydrogen-bond acceptors (Lipinski definition) is 4. The Hall–Kier alpha value is -0.980. The van der Waals surface area contributed by atoms with Crippen LogP contribution >= 0.6 is 0 Å². The molecule has 0 aromatic heterocycles. The monoisotopic (exact) mass is 260 g/mol. The van der Waals surface area contributed by atoms with E-state index in [4.69, 9.17) is 5.11 Å². The van der Waals surface area contributed by atoms with Gasteiger partial charge in [0.25, 0.3) is 0 Å². The molecule has 0 amide bonds. The van der Waals surface area contributed by atoms with Crippen molar-refractivity contribution in [3.63, 3.8) is 0 Å². The number of hydrogen-bond donors (Lipinski definition) is 2. The number of aliphatic hydroxyl groups is 2. The van der Waals surface area contributed by atoms with Crippen molar-refractivity contribution in [2.45, 2.75) is 23.3 Å². The number of aliphatic hydroxyl groups excluding tert-OH is 2. The Morgan fingerprint density at radius 2 is 2.06 bits per heavy atom. The molecular weight excluding hydrogens is 247 g/mol. The lowest BCUT2D eigenvalue weighted by atomic mass is 10.0. The highest BCUT2D eigenvalue weighted by molar-refractivity contribution is 7.90. The molecule has 1 aromatic rings. The zero-order chi connectivity index (χ0) is 12.8.